The first kappa shape index (κ1) is 18.3. The van der Waals surface area contributed by atoms with Crippen LogP contribution in [0, 0.1) is 0 Å². The average Bonchev–Trinajstić information content (AvgIpc) is 3.04. The second kappa shape index (κ2) is 6.82. The Balaban J connectivity index is 2.10. The SMILES string of the molecule is CCCCn1nc(SC)n2c(=O)c3c(nc12)-c1ccccc1CC3(C)CC. The maximum atomic E-state index is 13.7. The molecule has 1 atom stereocenters. The van der Waals surface area contributed by atoms with E-state index < -0.39 is 0 Å². The summed E-state index contributed by atoms with van der Waals surface area (Å²) in [4.78, 5) is 18.7. The molecule has 0 N–H and O–H groups in total. The highest BCUT2D eigenvalue weighted by atomic mass is 32.2. The molecule has 1 aromatic carbocycles. The predicted octanol–water partition coefficient (Wildman–Crippen LogP) is 4.30. The fourth-order valence-corrected chi connectivity index (χ4v) is 4.62. The van der Waals surface area contributed by atoms with E-state index in [1.807, 2.05) is 17.0 Å². The fourth-order valence-electron chi connectivity index (χ4n) is 4.09. The minimum absolute atomic E-state index is 0.0425. The van der Waals surface area contributed by atoms with Gasteiger partial charge in [0.15, 0.2) is 5.16 Å². The molecule has 1 unspecified atom stereocenters. The molecule has 1 aliphatic rings. The zero-order chi connectivity index (χ0) is 19.2. The summed E-state index contributed by atoms with van der Waals surface area (Å²) in [7, 11) is 0. The second-order valence-electron chi connectivity index (χ2n) is 7.59. The Morgan fingerprint density at radius 2 is 2.04 bits per heavy atom. The molecule has 5 nitrogen and oxygen atoms in total. The molecule has 0 bridgehead atoms. The zero-order valence-electron chi connectivity index (χ0n) is 16.5. The largest absolute Gasteiger partial charge is 0.268 e. The van der Waals surface area contributed by atoms with Gasteiger partial charge in [0.2, 0.25) is 5.78 Å². The molecule has 0 spiro atoms. The Hall–Kier alpha value is -2.08. The van der Waals surface area contributed by atoms with Crippen molar-refractivity contribution in [1.82, 2.24) is 19.2 Å². The first-order valence-electron chi connectivity index (χ1n) is 9.70. The second-order valence-corrected chi connectivity index (χ2v) is 8.36. The number of aromatic nitrogens is 4. The molecule has 142 valence electrons. The van der Waals surface area contributed by atoms with Crippen molar-refractivity contribution in [1.29, 1.82) is 0 Å². The van der Waals surface area contributed by atoms with Crippen LogP contribution in [0.5, 0.6) is 0 Å². The molecule has 0 saturated heterocycles. The molecule has 0 amide bonds. The lowest BCUT2D eigenvalue weighted by Crippen LogP contribution is -2.37. The molecule has 0 saturated carbocycles. The number of benzene rings is 1. The lowest BCUT2D eigenvalue weighted by atomic mass is 9.69. The molecule has 0 radical (unpaired) electrons. The highest BCUT2D eigenvalue weighted by molar-refractivity contribution is 7.98. The van der Waals surface area contributed by atoms with Gasteiger partial charge in [-0.2, -0.15) is 0 Å². The van der Waals surface area contributed by atoms with Crippen molar-refractivity contribution in [3.63, 3.8) is 0 Å². The van der Waals surface area contributed by atoms with Crippen LogP contribution >= 0.6 is 11.8 Å². The van der Waals surface area contributed by atoms with E-state index in [2.05, 4.69) is 44.1 Å². The van der Waals surface area contributed by atoms with Gasteiger partial charge in [-0.05, 0) is 31.1 Å². The van der Waals surface area contributed by atoms with Crippen molar-refractivity contribution in [2.24, 2.45) is 0 Å². The van der Waals surface area contributed by atoms with E-state index in [0.717, 1.165) is 54.2 Å². The number of nitrogens with zero attached hydrogens (tertiary/aromatic N) is 4. The van der Waals surface area contributed by atoms with Gasteiger partial charge >= 0.3 is 0 Å². The van der Waals surface area contributed by atoms with Crippen molar-refractivity contribution in [3.05, 3.63) is 45.7 Å². The maximum Gasteiger partial charge on any atom is 0.265 e. The number of rotatable bonds is 5. The van der Waals surface area contributed by atoms with Crippen LogP contribution in [-0.4, -0.2) is 25.4 Å². The van der Waals surface area contributed by atoms with Crippen LogP contribution < -0.4 is 5.56 Å². The van der Waals surface area contributed by atoms with E-state index in [4.69, 9.17) is 4.98 Å². The standard InChI is InChI=1S/C21H26N4OS/c1-5-7-12-24-19-22-17-15-11-9-8-10-14(15)13-21(3,6-2)16(17)18(26)25(19)20(23-24)27-4/h8-11H,5-7,12-13H2,1-4H3. The molecule has 2 aromatic heterocycles. The minimum Gasteiger partial charge on any atom is -0.268 e. The molecule has 0 aliphatic heterocycles. The summed E-state index contributed by atoms with van der Waals surface area (Å²) in [5.41, 5.74) is 3.88. The van der Waals surface area contributed by atoms with Crippen LogP contribution in [-0.2, 0) is 18.4 Å². The number of hydrogen-bond donors (Lipinski definition) is 0. The molecule has 6 heteroatoms. The third kappa shape index (κ3) is 2.73. The smallest absolute Gasteiger partial charge is 0.265 e. The highest BCUT2D eigenvalue weighted by Crippen LogP contribution is 2.42. The first-order valence-corrected chi connectivity index (χ1v) is 10.9. The van der Waals surface area contributed by atoms with Crippen molar-refractivity contribution >= 4 is 17.5 Å². The lowest BCUT2D eigenvalue weighted by molar-refractivity contribution is 0.439. The van der Waals surface area contributed by atoms with Crippen LogP contribution in [0.1, 0.15) is 51.2 Å². The molecule has 0 fully saturated rings. The minimum atomic E-state index is -0.212. The van der Waals surface area contributed by atoms with Crippen LogP contribution in [0.2, 0.25) is 0 Å². The number of aryl methyl sites for hydroxylation is 1. The molecule has 2 heterocycles. The van der Waals surface area contributed by atoms with Gasteiger partial charge in [0.25, 0.3) is 5.56 Å². The summed E-state index contributed by atoms with van der Waals surface area (Å²) >= 11 is 1.50. The van der Waals surface area contributed by atoms with Crippen molar-refractivity contribution in [3.8, 4) is 11.3 Å². The van der Waals surface area contributed by atoms with Gasteiger partial charge in [-0.1, -0.05) is 63.2 Å². The van der Waals surface area contributed by atoms with Crippen LogP contribution in [0.15, 0.2) is 34.2 Å². The van der Waals surface area contributed by atoms with Gasteiger partial charge in [-0.3, -0.25) is 4.79 Å². The van der Waals surface area contributed by atoms with Gasteiger partial charge in [0.05, 0.1) is 11.3 Å². The summed E-state index contributed by atoms with van der Waals surface area (Å²) in [6, 6.07) is 8.36. The number of thioether (sulfide) groups is 1. The van der Waals surface area contributed by atoms with Crippen molar-refractivity contribution in [2.75, 3.05) is 6.26 Å². The Morgan fingerprint density at radius 3 is 2.74 bits per heavy atom. The quantitative estimate of drug-likeness (QED) is 0.617. The van der Waals surface area contributed by atoms with E-state index in [1.54, 1.807) is 4.40 Å². The van der Waals surface area contributed by atoms with Crippen LogP contribution in [0.4, 0.5) is 0 Å². The third-order valence-electron chi connectivity index (χ3n) is 5.84. The van der Waals surface area contributed by atoms with Crippen molar-refractivity contribution in [2.45, 2.75) is 63.6 Å². The van der Waals surface area contributed by atoms with E-state index in [0.29, 0.717) is 5.78 Å². The topological polar surface area (TPSA) is 52.2 Å². The monoisotopic (exact) mass is 382 g/mol. The fraction of sp³-hybridized carbons (Fsp3) is 0.476. The average molecular weight is 383 g/mol. The van der Waals surface area contributed by atoms with Gasteiger partial charge in [0.1, 0.15) is 0 Å². The zero-order valence-corrected chi connectivity index (χ0v) is 17.3. The van der Waals surface area contributed by atoms with Crippen molar-refractivity contribution < 1.29 is 0 Å². The molecule has 4 rings (SSSR count). The molecular formula is C21H26N4OS. The Bertz CT molecular complexity index is 1070. The summed E-state index contributed by atoms with van der Waals surface area (Å²) in [5, 5.41) is 5.41. The maximum absolute atomic E-state index is 13.7. The highest BCUT2D eigenvalue weighted by Gasteiger charge is 2.38. The van der Waals surface area contributed by atoms with Crippen LogP contribution in [0.3, 0.4) is 0 Å². The van der Waals surface area contributed by atoms with E-state index in [1.165, 1.54) is 17.3 Å². The Morgan fingerprint density at radius 1 is 1.26 bits per heavy atom. The van der Waals surface area contributed by atoms with E-state index in [-0.39, 0.29) is 11.0 Å². The first-order chi connectivity index (χ1) is 13.0. The van der Waals surface area contributed by atoms with E-state index >= 15 is 0 Å². The molecule has 3 aromatic rings. The van der Waals surface area contributed by atoms with Crippen LogP contribution in [0.25, 0.3) is 17.0 Å². The molecule has 1 aliphatic carbocycles. The van der Waals surface area contributed by atoms with Gasteiger partial charge in [-0.15, -0.1) is 5.10 Å². The van der Waals surface area contributed by atoms with Gasteiger partial charge < -0.3 is 0 Å². The number of unbranched alkanes of at least 4 members (excludes halogenated alkanes) is 1. The lowest BCUT2D eigenvalue weighted by Gasteiger charge is -2.35. The third-order valence-corrected chi connectivity index (χ3v) is 6.47. The van der Waals surface area contributed by atoms with Gasteiger partial charge in [0, 0.05) is 17.5 Å². The Kier molecular flexibility index (Phi) is 4.62. The number of fused-ring (bicyclic) bond motifs is 4. The van der Waals surface area contributed by atoms with E-state index in [9.17, 15) is 4.79 Å². The number of hydrogen-bond acceptors (Lipinski definition) is 4. The van der Waals surface area contributed by atoms with Gasteiger partial charge in [-0.25, -0.2) is 14.1 Å². The molecular weight excluding hydrogens is 356 g/mol. The summed E-state index contributed by atoms with van der Waals surface area (Å²) in [6.45, 7) is 7.29. The normalized spacial score (nSPS) is 18.5. The summed E-state index contributed by atoms with van der Waals surface area (Å²) in [5.74, 6) is 0.659. The predicted molar refractivity (Wildman–Crippen MR) is 111 cm³/mol. The Labute approximate surface area is 163 Å². The molecule has 27 heavy (non-hydrogen) atoms. The summed E-state index contributed by atoms with van der Waals surface area (Å²) in [6.07, 6.45) is 5.82. The summed E-state index contributed by atoms with van der Waals surface area (Å²) < 4.78 is 3.62.